The molecule has 144 valence electrons. The molecule has 0 radical (unpaired) electrons. The highest BCUT2D eigenvalue weighted by Crippen LogP contribution is 2.23. The van der Waals surface area contributed by atoms with Gasteiger partial charge in [0, 0.05) is 44.3 Å². The number of aliphatic imine (C=N–C) groups is 1. The molecule has 0 bridgehead atoms. The molecule has 0 aliphatic heterocycles. The van der Waals surface area contributed by atoms with Gasteiger partial charge < -0.3 is 20.1 Å². The highest BCUT2D eigenvalue weighted by atomic mass is 127. The minimum atomic E-state index is -0.0223. The molecule has 0 aliphatic rings. The van der Waals surface area contributed by atoms with Crippen molar-refractivity contribution in [2.75, 3.05) is 47.1 Å². The smallest absolute Gasteiger partial charge is 0.191 e. The van der Waals surface area contributed by atoms with Gasteiger partial charge in [0.1, 0.15) is 0 Å². The van der Waals surface area contributed by atoms with Crippen LogP contribution in [0.1, 0.15) is 25.8 Å². The van der Waals surface area contributed by atoms with Crippen LogP contribution >= 0.6 is 35.6 Å². The predicted octanol–water partition coefficient (Wildman–Crippen LogP) is 3.45. The molecule has 1 aromatic rings. The number of benzene rings is 1. The van der Waals surface area contributed by atoms with Crippen LogP contribution in [-0.4, -0.2) is 53.0 Å². The Morgan fingerprint density at radius 2 is 1.80 bits per heavy atom. The molecule has 0 fully saturated rings. The van der Waals surface area contributed by atoms with E-state index in [2.05, 4.69) is 41.6 Å². The zero-order valence-electron chi connectivity index (χ0n) is 15.6. The van der Waals surface area contributed by atoms with E-state index in [1.807, 2.05) is 12.1 Å². The number of nitrogens with one attached hydrogen (secondary N) is 2. The molecule has 0 amide bonds. The summed E-state index contributed by atoms with van der Waals surface area (Å²) in [5, 5.41) is 7.44. The van der Waals surface area contributed by atoms with E-state index in [0.29, 0.717) is 19.8 Å². The van der Waals surface area contributed by atoms with Crippen molar-refractivity contribution in [2.45, 2.75) is 25.7 Å². The Morgan fingerprint density at radius 1 is 1.12 bits per heavy atom. The molecule has 0 unspecified atom stereocenters. The van der Waals surface area contributed by atoms with Crippen LogP contribution in [0.25, 0.3) is 0 Å². The summed E-state index contributed by atoms with van der Waals surface area (Å²) in [5.74, 6) is 0.800. The Bertz CT molecular complexity index is 496. The number of rotatable bonds is 10. The molecule has 0 heterocycles. The van der Waals surface area contributed by atoms with Gasteiger partial charge >= 0.3 is 0 Å². The number of hydrogen-bond acceptors (Lipinski definition) is 3. The van der Waals surface area contributed by atoms with E-state index in [4.69, 9.17) is 21.1 Å². The SMILES string of the molecule is CN=C(NCCCOCCOC)NCC(C)(C)c1ccc(Cl)cc1.I. The van der Waals surface area contributed by atoms with Crippen LogP contribution < -0.4 is 10.6 Å². The molecule has 7 heteroatoms. The summed E-state index contributed by atoms with van der Waals surface area (Å²) in [6, 6.07) is 7.99. The normalized spacial score (nSPS) is 11.8. The molecular weight excluding hydrogens is 453 g/mol. The summed E-state index contributed by atoms with van der Waals surface area (Å²) >= 11 is 5.96. The second-order valence-corrected chi connectivity index (χ2v) is 6.64. The maximum absolute atomic E-state index is 5.96. The number of halogens is 2. The molecule has 1 rings (SSSR count). The molecule has 1 aromatic carbocycles. The Hall–Kier alpha value is -0.570. The van der Waals surface area contributed by atoms with Crippen LogP contribution in [-0.2, 0) is 14.9 Å². The summed E-state index contributed by atoms with van der Waals surface area (Å²) < 4.78 is 10.4. The van der Waals surface area contributed by atoms with E-state index in [9.17, 15) is 0 Å². The van der Waals surface area contributed by atoms with Crippen molar-refractivity contribution in [3.8, 4) is 0 Å². The molecule has 25 heavy (non-hydrogen) atoms. The van der Waals surface area contributed by atoms with Gasteiger partial charge in [0.15, 0.2) is 5.96 Å². The number of nitrogens with zero attached hydrogens (tertiary/aromatic N) is 1. The lowest BCUT2D eigenvalue weighted by Gasteiger charge is -2.27. The lowest BCUT2D eigenvalue weighted by molar-refractivity contribution is 0.0698. The fraction of sp³-hybridized carbons (Fsp3) is 0.611. The molecule has 0 saturated heterocycles. The van der Waals surface area contributed by atoms with Crippen LogP contribution in [0.2, 0.25) is 5.02 Å². The summed E-state index contributed by atoms with van der Waals surface area (Å²) in [6.07, 6.45) is 0.922. The Balaban J connectivity index is 0.00000576. The van der Waals surface area contributed by atoms with Crippen molar-refractivity contribution in [3.63, 3.8) is 0 Å². The predicted molar refractivity (Wildman–Crippen MR) is 117 cm³/mol. The first-order valence-corrected chi connectivity index (χ1v) is 8.64. The van der Waals surface area contributed by atoms with Gasteiger partial charge in [-0.25, -0.2) is 0 Å². The zero-order valence-corrected chi connectivity index (χ0v) is 18.7. The van der Waals surface area contributed by atoms with Crippen molar-refractivity contribution in [1.82, 2.24) is 10.6 Å². The molecule has 5 nitrogen and oxygen atoms in total. The quantitative estimate of drug-likeness (QED) is 0.232. The lowest BCUT2D eigenvalue weighted by atomic mass is 9.85. The van der Waals surface area contributed by atoms with Crippen LogP contribution in [0.4, 0.5) is 0 Å². The minimum absolute atomic E-state index is 0. The van der Waals surface area contributed by atoms with Crippen LogP contribution in [0.3, 0.4) is 0 Å². The first-order valence-electron chi connectivity index (χ1n) is 8.27. The zero-order chi connectivity index (χ0) is 17.8. The van der Waals surface area contributed by atoms with Gasteiger partial charge in [-0.05, 0) is 24.1 Å². The third-order valence-corrected chi connectivity index (χ3v) is 3.99. The van der Waals surface area contributed by atoms with E-state index in [1.165, 1.54) is 5.56 Å². The Morgan fingerprint density at radius 3 is 2.40 bits per heavy atom. The molecule has 0 aliphatic carbocycles. The summed E-state index contributed by atoms with van der Waals surface area (Å²) in [6.45, 7) is 7.96. The van der Waals surface area contributed by atoms with Gasteiger partial charge in [0.25, 0.3) is 0 Å². The molecule has 2 N–H and O–H groups in total. The van der Waals surface area contributed by atoms with Crippen LogP contribution in [0.15, 0.2) is 29.3 Å². The maximum Gasteiger partial charge on any atom is 0.191 e. The molecule has 0 aromatic heterocycles. The average Bonchev–Trinajstić information content (AvgIpc) is 2.57. The van der Waals surface area contributed by atoms with E-state index < -0.39 is 0 Å². The summed E-state index contributed by atoms with van der Waals surface area (Å²) in [5.41, 5.74) is 1.22. The average molecular weight is 484 g/mol. The van der Waals surface area contributed by atoms with Crippen molar-refractivity contribution in [2.24, 2.45) is 4.99 Å². The minimum Gasteiger partial charge on any atom is -0.382 e. The first-order chi connectivity index (χ1) is 11.5. The maximum atomic E-state index is 5.96. The highest BCUT2D eigenvalue weighted by Gasteiger charge is 2.20. The summed E-state index contributed by atoms with van der Waals surface area (Å²) in [7, 11) is 3.45. The lowest BCUT2D eigenvalue weighted by Crippen LogP contribution is -2.43. The highest BCUT2D eigenvalue weighted by molar-refractivity contribution is 14.0. The van der Waals surface area contributed by atoms with Gasteiger partial charge in [-0.2, -0.15) is 0 Å². The largest absolute Gasteiger partial charge is 0.382 e. The summed E-state index contributed by atoms with van der Waals surface area (Å²) in [4.78, 5) is 4.26. The van der Waals surface area contributed by atoms with Crippen LogP contribution in [0.5, 0.6) is 0 Å². The third kappa shape index (κ3) is 10.2. The van der Waals surface area contributed by atoms with Crippen molar-refractivity contribution in [3.05, 3.63) is 34.9 Å². The number of ether oxygens (including phenoxy) is 2. The van der Waals surface area contributed by atoms with E-state index in [-0.39, 0.29) is 29.4 Å². The monoisotopic (exact) mass is 483 g/mol. The number of methoxy groups -OCH3 is 1. The first kappa shape index (κ1) is 24.4. The van der Waals surface area contributed by atoms with Gasteiger partial charge in [0.05, 0.1) is 13.2 Å². The van der Waals surface area contributed by atoms with Gasteiger partial charge in [-0.1, -0.05) is 37.6 Å². The van der Waals surface area contributed by atoms with Crippen LogP contribution in [0, 0.1) is 0 Å². The number of hydrogen-bond donors (Lipinski definition) is 2. The number of guanidine groups is 1. The second-order valence-electron chi connectivity index (χ2n) is 6.20. The molecule has 0 atom stereocenters. The van der Waals surface area contributed by atoms with E-state index in [1.54, 1.807) is 14.2 Å². The third-order valence-electron chi connectivity index (χ3n) is 3.74. The van der Waals surface area contributed by atoms with Gasteiger partial charge in [-0.15, -0.1) is 24.0 Å². The topological polar surface area (TPSA) is 54.9 Å². The van der Waals surface area contributed by atoms with E-state index >= 15 is 0 Å². The molecular formula is C18H31ClIN3O2. The van der Waals surface area contributed by atoms with Crippen molar-refractivity contribution >= 4 is 41.5 Å². The van der Waals surface area contributed by atoms with E-state index in [0.717, 1.165) is 30.5 Å². The standard InChI is InChI=1S/C18H30ClN3O2.HI/c1-18(2,15-6-8-16(19)9-7-15)14-22-17(20-3)21-10-5-11-24-13-12-23-4;/h6-9H,5,10-14H2,1-4H3,(H2,20,21,22);1H. The Labute approximate surface area is 173 Å². The second kappa shape index (κ2) is 13.6. The van der Waals surface area contributed by atoms with Gasteiger partial charge in [0.2, 0.25) is 0 Å². The Kier molecular flexibility index (Phi) is 13.3. The fourth-order valence-corrected chi connectivity index (χ4v) is 2.28. The molecule has 0 spiro atoms. The van der Waals surface area contributed by atoms with Crippen molar-refractivity contribution < 1.29 is 9.47 Å². The fourth-order valence-electron chi connectivity index (χ4n) is 2.15. The van der Waals surface area contributed by atoms with Gasteiger partial charge in [-0.3, -0.25) is 4.99 Å². The van der Waals surface area contributed by atoms with Crippen molar-refractivity contribution in [1.29, 1.82) is 0 Å². The molecule has 0 saturated carbocycles.